The van der Waals surface area contributed by atoms with Crippen LogP contribution in [0.15, 0.2) is 18.3 Å². The van der Waals surface area contributed by atoms with E-state index >= 15 is 0 Å². The molecule has 0 unspecified atom stereocenters. The lowest BCUT2D eigenvalue weighted by Gasteiger charge is -2.26. The van der Waals surface area contributed by atoms with Crippen molar-refractivity contribution in [1.29, 1.82) is 0 Å². The Balaban J connectivity index is 2.68. The number of hydrogen-bond acceptors (Lipinski definition) is 2. The molecule has 0 bridgehead atoms. The number of nitrogens with one attached hydrogen (secondary N) is 1. The Morgan fingerprint density at radius 1 is 1.50 bits per heavy atom. The molecule has 0 aromatic carbocycles. The van der Waals surface area contributed by atoms with Gasteiger partial charge < -0.3 is 5.32 Å². The third-order valence-corrected chi connectivity index (χ3v) is 2.29. The van der Waals surface area contributed by atoms with Gasteiger partial charge in [-0.15, -0.1) is 11.6 Å². The zero-order valence-corrected chi connectivity index (χ0v) is 9.73. The second-order valence-corrected chi connectivity index (χ2v) is 4.54. The average molecular weight is 213 g/mol. The van der Waals surface area contributed by atoms with E-state index in [1.165, 1.54) is 5.56 Å². The molecule has 1 aromatic heterocycles. The number of pyridine rings is 1. The fraction of sp³-hybridized carbons (Fsp3) is 0.545. The van der Waals surface area contributed by atoms with Crippen molar-refractivity contribution in [3.8, 4) is 0 Å². The number of aromatic nitrogens is 1. The first-order valence-corrected chi connectivity index (χ1v) is 5.34. The SMILES string of the molecule is Cc1ccnc(NC(C)(C)CCCl)c1. The normalized spacial score (nSPS) is 11.4. The Morgan fingerprint density at radius 2 is 2.21 bits per heavy atom. The molecule has 1 rings (SSSR count). The van der Waals surface area contributed by atoms with Crippen LogP contribution < -0.4 is 5.32 Å². The van der Waals surface area contributed by atoms with E-state index in [-0.39, 0.29) is 5.54 Å². The van der Waals surface area contributed by atoms with Gasteiger partial charge in [0.25, 0.3) is 0 Å². The van der Waals surface area contributed by atoms with E-state index < -0.39 is 0 Å². The summed E-state index contributed by atoms with van der Waals surface area (Å²) in [6, 6.07) is 4.02. The fourth-order valence-electron chi connectivity index (χ4n) is 1.25. The second kappa shape index (κ2) is 4.65. The molecule has 14 heavy (non-hydrogen) atoms. The molecule has 0 atom stereocenters. The molecule has 0 aliphatic carbocycles. The van der Waals surface area contributed by atoms with E-state index in [4.69, 9.17) is 11.6 Å². The zero-order valence-electron chi connectivity index (χ0n) is 8.97. The molecule has 1 N–H and O–H groups in total. The van der Waals surface area contributed by atoms with Gasteiger partial charge in [-0.1, -0.05) is 0 Å². The summed E-state index contributed by atoms with van der Waals surface area (Å²) in [7, 11) is 0. The molecule has 1 heterocycles. The average Bonchev–Trinajstić information content (AvgIpc) is 2.02. The van der Waals surface area contributed by atoms with Crippen molar-refractivity contribution < 1.29 is 0 Å². The predicted molar refractivity (Wildman–Crippen MR) is 62.0 cm³/mol. The zero-order chi connectivity index (χ0) is 10.6. The van der Waals surface area contributed by atoms with Gasteiger partial charge in [0.1, 0.15) is 5.82 Å². The number of rotatable bonds is 4. The Labute approximate surface area is 90.7 Å². The largest absolute Gasteiger partial charge is 0.365 e. The number of alkyl halides is 1. The molecule has 0 saturated heterocycles. The lowest BCUT2D eigenvalue weighted by molar-refractivity contribution is 0.548. The molecule has 2 nitrogen and oxygen atoms in total. The standard InChI is InChI=1S/C11H17ClN2/c1-9-4-7-13-10(8-9)14-11(2,3)5-6-12/h4,7-8H,5-6H2,1-3H3,(H,13,14). The van der Waals surface area contributed by atoms with Crippen LogP contribution in [-0.2, 0) is 0 Å². The van der Waals surface area contributed by atoms with Crippen molar-refractivity contribution in [3.63, 3.8) is 0 Å². The summed E-state index contributed by atoms with van der Waals surface area (Å²) < 4.78 is 0. The Kier molecular flexibility index (Phi) is 3.76. The summed E-state index contributed by atoms with van der Waals surface area (Å²) in [5.74, 6) is 1.58. The first-order valence-electron chi connectivity index (χ1n) is 4.80. The van der Waals surface area contributed by atoms with Crippen molar-refractivity contribution in [3.05, 3.63) is 23.9 Å². The Morgan fingerprint density at radius 3 is 2.79 bits per heavy atom. The number of anilines is 1. The maximum atomic E-state index is 5.72. The molecule has 0 spiro atoms. The molecule has 0 aliphatic rings. The van der Waals surface area contributed by atoms with Crippen molar-refractivity contribution in [2.24, 2.45) is 0 Å². The first-order chi connectivity index (χ1) is 6.53. The van der Waals surface area contributed by atoms with Crippen LogP contribution in [0.3, 0.4) is 0 Å². The number of halogens is 1. The van der Waals surface area contributed by atoms with Crippen LogP contribution in [0.4, 0.5) is 5.82 Å². The van der Waals surface area contributed by atoms with Crippen LogP contribution in [0, 0.1) is 6.92 Å². The summed E-state index contributed by atoms with van der Waals surface area (Å²) in [5.41, 5.74) is 1.21. The van der Waals surface area contributed by atoms with Crippen molar-refractivity contribution >= 4 is 17.4 Å². The van der Waals surface area contributed by atoms with E-state index in [0.29, 0.717) is 5.88 Å². The molecule has 0 fully saturated rings. The van der Waals surface area contributed by atoms with Gasteiger partial charge >= 0.3 is 0 Å². The van der Waals surface area contributed by atoms with Gasteiger partial charge in [0.15, 0.2) is 0 Å². The highest BCUT2D eigenvalue weighted by Gasteiger charge is 2.16. The Hall–Kier alpha value is -0.760. The van der Waals surface area contributed by atoms with Crippen LogP contribution in [-0.4, -0.2) is 16.4 Å². The predicted octanol–water partition coefficient (Wildman–Crippen LogP) is 3.21. The van der Waals surface area contributed by atoms with Crippen molar-refractivity contribution in [2.75, 3.05) is 11.2 Å². The van der Waals surface area contributed by atoms with Crippen LogP contribution in [0.25, 0.3) is 0 Å². The first kappa shape index (κ1) is 11.3. The van der Waals surface area contributed by atoms with Gasteiger partial charge in [-0.25, -0.2) is 4.98 Å². The van der Waals surface area contributed by atoms with Crippen LogP contribution >= 0.6 is 11.6 Å². The molecular formula is C11H17ClN2. The van der Waals surface area contributed by atoms with Gasteiger partial charge in [0.2, 0.25) is 0 Å². The minimum Gasteiger partial charge on any atom is -0.365 e. The summed E-state index contributed by atoms with van der Waals surface area (Å²) in [6.45, 7) is 6.31. The highest BCUT2D eigenvalue weighted by Crippen LogP contribution is 2.17. The second-order valence-electron chi connectivity index (χ2n) is 4.17. The minimum absolute atomic E-state index is 0.00252. The maximum absolute atomic E-state index is 5.72. The van der Waals surface area contributed by atoms with Crippen molar-refractivity contribution in [2.45, 2.75) is 32.7 Å². The Bertz CT molecular complexity index is 297. The number of aryl methyl sites for hydroxylation is 1. The van der Waals surface area contributed by atoms with Crippen LogP contribution in [0.1, 0.15) is 25.8 Å². The van der Waals surface area contributed by atoms with Crippen LogP contribution in [0.2, 0.25) is 0 Å². The van der Waals surface area contributed by atoms with E-state index in [9.17, 15) is 0 Å². The molecule has 3 heteroatoms. The van der Waals surface area contributed by atoms with Gasteiger partial charge in [0.05, 0.1) is 0 Å². The summed E-state index contributed by atoms with van der Waals surface area (Å²) >= 11 is 5.72. The number of nitrogens with zero attached hydrogens (tertiary/aromatic N) is 1. The van der Waals surface area contributed by atoms with Gasteiger partial charge in [0, 0.05) is 17.6 Å². The number of hydrogen-bond donors (Lipinski definition) is 1. The van der Waals surface area contributed by atoms with E-state index in [2.05, 4.69) is 31.1 Å². The maximum Gasteiger partial charge on any atom is 0.126 e. The highest BCUT2D eigenvalue weighted by atomic mass is 35.5. The third kappa shape index (κ3) is 3.54. The highest BCUT2D eigenvalue weighted by molar-refractivity contribution is 6.17. The molecule has 0 saturated carbocycles. The quantitative estimate of drug-likeness (QED) is 0.776. The monoisotopic (exact) mass is 212 g/mol. The van der Waals surface area contributed by atoms with Gasteiger partial charge in [-0.3, -0.25) is 0 Å². The molecular weight excluding hydrogens is 196 g/mol. The third-order valence-electron chi connectivity index (χ3n) is 2.10. The molecule has 78 valence electrons. The summed E-state index contributed by atoms with van der Waals surface area (Å²) in [6.07, 6.45) is 2.73. The fourth-order valence-corrected chi connectivity index (χ4v) is 1.72. The van der Waals surface area contributed by atoms with Crippen molar-refractivity contribution in [1.82, 2.24) is 4.98 Å². The summed E-state index contributed by atoms with van der Waals surface area (Å²) in [5, 5.41) is 3.36. The molecule has 0 aliphatic heterocycles. The van der Waals surface area contributed by atoms with Crippen LogP contribution in [0.5, 0.6) is 0 Å². The topological polar surface area (TPSA) is 24.9 Å². The van der Waals surface area contributed by atoms with Gasteiger partial charge in [-0.2, -0.15) is 0 Å². The van der Waals surface area contributed by atoms with Gasteiger partial charge in [-0.05, 0) is 44.9 Å². The van der Waals surface area contributed by atoms with E-state index in [1.54, 1.807) is 0 Å². The van der Waals surface area contributed by atoms with E-state index in [0.717, 1.165) is 12.2 Å². The summed E-state index contributed by atoms with van der Waals surface area (Å²) in [4.78, 5) is 4.25. The molecule has 0 amide bonds. The lowest BCUT2D eigenvalue weighted by Crippen LogP contribution is -2.31. The smallest absolute Gasteiger partial charge is 0.126 e. The minimum atomic E-state index is 0.00252. The molecule has 1 aromatic rings. The van der Waals surface area contributed by atoms with E-state index in [1.807, 2.05) is 18.3 Å². The molecule has 0 radical (unpaired) electrons. The lowest BCUT2D eigenvalue weighted by atomic mass is 10.0.